The highest BCUT2D eigenvalue weighted by molar-refractivity contribution is 5.03. The Morgan fingerprint density at radius 1 is 1.44 bits per heavy atom. The van der Waals surface area contributed by atoms with Crippen LogP contribution in [0.25, 0.3) is 0 Å². The van der Waals surface area contributed by atoms with E-state index in [9.17, 15) is 5.11 Å². The van der Waals surface area contributed by atoms with Gasteiger partial charge in [-0.05, 0) is 19.3 Å². The largest absolute Gasteiger partial charge is 0.395 e. The van der Waals surface area contributed by atoms with Crippen molar-refractivity contribution >= 4 is 0 Å². The molecule has 3 unspecified atom stereocenters. The van der Waals surface area contributed by atoms with Gasteiger partial charge in [0, 0.05) is 24.1 Å². The van der Waals surface area contributed by atoms with E-state index in [2.05, 4.69) is 33.0 Å². The minimum atomic E-state index is 0.179. The van der Waals surface area contributed by atoms with Crippen LogP contribution in [0.2, 0.25) is 0 Å². The molecule has 2 N–H and O–H groups in total. The van der Waals surface area contributed by atoms with Crippen molar-refractivity contribution in [3.05, 3.63) is 0 Å². The zero-order valence-corrected chi connectivity index (χ0v) is 11.3. The maximum atomic E-state index is 9.31. The topological polar surface area (TPSA) is 41.5 Å². The molecule has 1 fully saturated rings. The molecule has 0 aromatic rings. The van der Waals surface area contributed by atoms with Gasteiger partial charge in [0.15, 0.2) is 0 Å². The molecular weight excluding hydrogens is 202 g/mol. The zero-order valence-electron chi connectivity index (χ0n) is 11.3. The number of ether oxygens (including phenoxy) is 1. The molecule has 0 spiro atoms. The first kappa shape index (κ1) is 13.9. The van der Waals surface area contributed by atoms with Gasteiger partial charge in [0.1, 0.15) is 0 Å². The SMILES string of the molecule is CCOC1CC(NC(CO)C(C)C)C1(C)C. The molecule has 0 radical (unpaired) electrons. The maximum Gasteiger partial charge on any atom is 0.0655 e. The zero-order chi connectivity index (χ0) is 12.3. The Balaban J connectivity index is 2.46. The molecule has 3 nitrogen and oxygen atoms in total. The van der Waals surface area contributed by atoms with Crippen LogP contribution >= 0.6 is 0 Å². The van der Waals surface area contributed by atoms with Crippen LogP contribution < -0.4 is 5.32 Å². The van der Waals surface area contributed by atoms with Gasteiger partial charge in [-0.25, -0.2) is 0 Å². The van der Waals surface area contributed by atoms with E-state index in [1.54, 1.807) is 0 Å². The van der Waals surface area contributed by atoms with Crippen molar-refractivity contribution < 1.29 is 9.84 Å². The average molecular weight is 229 g/mol. The lowest BCUT2D eigenvalue weighted by atomic mass is 9.64. The summed E-state index contributed by atoms with van der Waals surface area (Å²) in [7, 11) is 0. The lowest BCUT2D eigenvalue weighted by molar-refractivity contribution is -0.118. The number of hydrogen-bond acceptors (Lipinski definition) is 3. The third kappa shape index (κ3) is 2.76. The van der Waals surface area contributed by atoms with Gasteiger partial charge >= 0.3 is 0 Å². The first-order valence-corrected chi connectivity index (χ1v) is 6.42. The van der Waals surface area contributed by atoms with Crippen LogP contribution in [0.4, 0.5) is 0 Å². The van der Waals surface area contributed by atoms with Crippen molar-refractivity contribution in [1.29, 1.82) is 0 Å². The van der Waals surface area contributed by atoms with Crippen LogP contribution in [0.3, 0.4) is 0 Å². The first-order valence-electron chi connectivity index (χ1n) is 6.42. The van der Waals surface area contributed by atoms with Gasteiger partial charge < -0.3 is 15.2 Å². The molecule has 0 heterocycles. The highest BCUT2D eigenvalue weighted by Gasteiger charge is 2.49. The molecule has 96 valence electrons. The summed E-state index contributed by atoms with van der Waals surface area (Å²) in [5.41, 5.74) is 0.179. The number of aliphatic hydroxyl groups excluding tert-OH is 1. The Kier molecular flexibility index (Phi) is 4.77. The first-order chi connectivity index (χ1) is 7.43. The van der Waals surface area contributed by atoms with E-state index >= 15 is 0 Å². The quantitative estimate of drug-likeness (QED) is 0.729. The van der Waals surface area contributed by atoms with Gasteiger partial charge in [-0.15, -0.1) is 0 Å². The summed E-state index contributed by atoms with van der Waals surface area (Å²) >= 11 is 0. The number of hydrogen-bond donors (Lipinski definition) is 2. The minimum absolute atomic E-state index is 0.179. The van der Waals surface area contributed by atoms with Crippen LogP contribution in [0.5, 0.6) is 0 Å². The predicted octanol–water partition coefficient (Wildman–Crippen LogP) is 1.80. The van der Waals surface area contributed by atoms with Crippen molar-refractivity contribution in [1.82, 2.24) is 5.32 Å². The summed E-state index contributed by atoms with van der Waals surface area (Å²) in [6, 6.07) is 0.662. The molecule has 0 aliphatic heterocycles. The normalized spacial score (nSPS) is 30.2. The summed E-state index contributed by atoms with van der Waals surface area (Å²) < 4.78 is 5.70. The van der Waals surface area contributed by atoms with Gasteiger partial charge in [-0.3, -0.25) is 0 Å². The second-order valence-electron chi connectivity index (χ2n) is 5.75. The fourth-order valence-corrected chi connectivity index (χ4v) is 2.37. The molecule has 0 aromatic carbocycles. The van der Waals surface area contributed by atoms with Crippen molar-refractivity contribution in [2.45, 2.75) is 59.2 Å². The Bertz CT molecular complexity index is 216. The predicted molar refractivity (Wildman–Crippen MR) is 66.4 cm³/mol. The van der Waals surface area contributed by atoms with Gasteiger partial charge in [0.05, 0.1) is 12.7 Å². The van der Waals surface area contributed by atoms with Crippen molar-refractivity contribution in [2.75, 3.05) is 13.2 Å². The van der Waals surface area contributed by atoms with Crippen LogP contribution in [0.15, 0.2) is 0 Å². The highest BCUT2D eigenvalue weighted by Crippen LogP contribution is 2.43. The molecule has 0 bridgehead atoms. The van der Waals surface area contributed by atoms with E-state index < -0.39 is 0 Å². The van der Waals surface area contributed by atoms with E-state index in [0.29, 0.717) is 18.1 Å². The maximum absolute atomic E-state index is 9.31. The lowest BCUT2D eigenvalue weighted by Gasteiger charge is -2.53. The second-order valence-corrected chi connectivity index (χ2v) is 5.75. The molecule has 1 rings (SSSR count). The van der Waals surface area contributed by atoms with Gasteiger partial charge in [-0.1, -0.05) is 27.7 Å². The third-order valence-electron chi connectivity index (χ3n) is 3.96. The summed E-state index contributed by atoms with van der Waals surface area (Å²) in [5, 5.41) is 12.9. The average Bonchev–Trinajstić information content (AvgIpc) is 2.22. The van der Waals surface area contributed by atoms with Crippen molar-refractivity contribution in [2.24, 2.45) is 11.3 Å². The molecule has 1 aliphatic carbocycles. The molecule has 3 heteroatoms. The molecular formula is C13H27NO2. The van der Waals surface area contributed by atoms with Crippen LogP contribution in [-0.4, -0.2) is 36.5 Å². The summed E-state index contributed by atoms with van der Waals surface area (Å²) in [6.45, 7) is 11.8. The number of rotatable bonds is 6. The van der Waals surface area contributed by atoms with Crippen molar-refractivity contribution in [3.8, 4) is 0 Å². The number of nitrogens with one attached hydrogen (secondary N) is 1. The summed E-state index contributed by atoms with van der Waals surface area (Å²) in [5.74, 6) is 0.465. The van der Waals surface area contributed by atoms with E-state index in [0.717, 1.165) is 13.0 Å². The number of aliphatic hydroxyl groups is 1. The van der Waals surface area contributed by atoms with Crippen LogP contribution in [0, 0.1) is 11.3 Å². The van der Waals surface area contributed by atoms with Gasteiger partial charge in [0.2, 0.25) is 0 Å². The highest BCUT2D eigenvalue weighted by atomic mass is 16.5. The standard InChI is InChI=1S/C13H27NO2/c1-6-16-12-7-11(13(12,4)5)14-10(8-15)9(2)3/h9-12,14-15H,6-8H2,1-5H3. The smallest absolute Gasteiger partial charge is 0.0655 e. The fraction of sp³-hybridized carbons (Fsp3) is 1.00. The molecule has 3 atom stereocenters. The fourth-order valence-electron chi connectivity index (χ4n) is 2.37. The van der Waals surface area contributed by atoms with E-state index in [4.69, 9.17) is 4.74 Å². The van der Waals surface area contributed by atoms with E-state index in [-0.39, 0.29) is 18.1 Å². The Morgan fingerprint density at radius 3 is 2.44 bits per heavy atom. The van der Waals surface area contributed by atoms with Crippen LogP contribution in [-0.2, 0) is 4.74 Å². The molecule has 1 aliphatic rings. The van der Waals surface area contributed by atoms with Crippen molar-refractivity contribution in [3.63, 3.8) is 0 Å². The second kappa shape index (κ2) is 5.48. The Hall–Kier alpha value is -0.120. The molecule has 0 aromatic heterocycles. The van der Waals surface area contributed by atoms with Crippen LogP contribution in [0.1, 0.15) is 41.0 Å². The van der Waals surface area contributed by atoms with Gasteiger partial charge in [-0.2, -0.15) is 0 Å². The Labute approximate surface area is 99.6 Å². The Morgan fingerprint density at radius 2 is 2.06 bits per heavy atom. The summed E-state index contributed by atoms with van der Waals surface area (Å²) in [4.78, 5) is 0. The molecule has 0 amide bonds. The van der Waals surface area contributed by atoms with E-state index in [1.807, 2.05) is 6.92 Å². The molecule has 0 saturated heterocycles. The minimum Gasteiger partial charge on any atom is -0.395 e. The summed E-state index contributed by atoms with van der Waals surface area (Å²) in [6.07, 6.45) is 1.42. The van der Waals surface area contributed by atoms with Gasteiger partial charge in [0.25, 0.3) is 0 Å². The monoisotopic (exact) mass is 229 g/mol. The molecule has 16 heavy (non-hydrogen) atoms. The molecule has 1 saturated carbocycles. The third-order valence-corrected chi connectivity index (χ3v) is 3.96. The van der Waals surface area contributed by atoms with E-state index in [1.165, 1.54) is 0 Å². The lowest BCUT2D eigenvalue weighted by Crippen LogP contribution is -2.63.